The Morgan fingerprint density at radius 3 is 2.47 bits per heavy atom. The molecular weight excluding hydrogens is 229 g/mol. The van der Waals surface area contributed by atoms with E-state index in [-0.39, 0.29) is 18.8 Å². The van der Waals surface area contributed by atoms with Gasteiger partial charge in [-0.2, -0.15) is 0 Å². The Kier molecular flexibility index (Phi) is 2.82. The lowest BCUT2D eigenvalue weighted by Gasteiger charge is -2.24. The molecule has 2 rings (SSSR count). The predicted molar refractivity (Wildman–Crippen MR) is 53.2 cm³/mol. The number of pyridine rings is 1. The van der Waals surface area contributed by atoms with E-state index in [4.69, 9.17) is 0 Å². The molecule has 1 saturated heterocycles. The molecule has 1 aliphatic rings. The van der Waals surface area contributed by atoms with Gasteiger partial charge in [0.25, 0.3) is 5.91 Å². The number of amides is 3. The molecule has 0 saturated carbocycles. The van der Waals surface area contributed by atoms with Crippen molar-refractivity contribution in [1.82, 2.24) is 15.2 Å². The predicted octanol–water partition coefficient (Wildman–Crippen LogP) is -0.681. The zero-order valence-corrected chi connectivity index (χ0v) is 8.64. The molecule has 0 radical (unpaired) electrons. The van der Waals surface area contributed by atoms with Crippen molar-refractivity contribution < 1.29 is 18.8 Å². The third-order valence-corrected chi connectivity index (χ3v) is 2.18. The Morgan fingerprint density at radius 1 is 1.29 bits per heavy atom. The minimum atomic E-state index is -0.576. The number of hydrogen-bond acceptors (Lipinski definition) is 4. The van der Waals surface area contributed by atoms with Gasteiger partial charge in [-0.3, -0.25) is 19.7 Å². The molecule has 88 valence electrons. The third-order valence-electron chi connectivity index (χ3n) is 2.18. The minimum Gasteiger partial charge on any atom is -0.319 e. The standard InChI is InChI=1S/C10H8FN3O3/c11-6-1-2-7(12-3-6)10(17)14-4-8(15)13-9(16)5-14/h1-3H,4-5H2,(H,13,15,16). The molecule has 0 aliphatic carbocycles. The molecular formula is C10H8FN3O3. The van der Waals surface area contributed by atoms with Crippen LogP contribution in [0.25, 0.3) is 0 Å². The van der Waals surface area contributed by atoms with E-state index in [1.54, 1.807) is 0 Å². The quantitative estimate of drug-likeness (QED) is 0.656. The van der Waals surface area contributed by atoms with E-state index in [0.29, 0.717) is 0 Å². The van der Waals surface area contributed by atoms with Gasteiger partial charge in [-0.05, 0) is 12.1 Å². The SMILES string of the molecule is O=C1CN(C(=O)c2ccc(F)cn2)CC(=O)N1. The fourth-order valence-corrected chi connectivity index (χ4v) is 1.45. The van der Waals surface area contributed by atoms with E-state index in [2.05, 4.69) is 10.3 Å². The van der Waals surface area contributed by atoms with Crippen molar-refractivity contribution in [2.24, 2.45) is 0 Å². The Hall–Kier alpha value is -2.31. The monoisotopic (exact) mass is 237 g/mol. The van der Waals surface area contributed by atoms with E-state index in [9.17, 15) is 18.8 Å². The zero-order valence-electron chi connectivity index (χ0n) is 8.64. The van der Waals surface area contributed by atoms with Crippen LogP contribution in [0, 0.1) is 5.82 Å². The first-order valence-electron chi connectivity index (χ1n) is 4.80. The van der Waals surface area contributed by atoms with Crippen LogP contribution in [0.15, 0.2) is 18.3 Å². The summed E-state index contributed by atoms with van der Waals surface area (Å²) in [5.41, 5.74) is -0.00565. The first kappa shape index (κ1) is 11.2. The summed E-state index contributed by atoms with van der Waals surface area (Å²) in [5, 5.41) is 2.07. The number of imide groups is 1. The Labute approximate surface area is 95.4 Å². The molecule has 1 N–H and O–H groups in total. The smallest absolute Gasteiger partial charge is 0.273 e. The van der Waals surface area contributed by atoms with Crippen molar-refractivity contribution in [3.05, 3.63) is 29.8 Å². The minimum absolute atomic E-state index is 0.00565. The highest BCUT2D eigenvalue weighted by molar-refractivity contribution is 6.05. The van der Waals surface area contributed by atoms with Gasteiger partial charge in [0.15, 0.2) is 0 Å². The molecule has 0 spiro atoms. The summed E-state index contributed by atoms with van der Waals surface area (Å²) in [6.07, 6.45) is 0.902. The van der Waals surface area contributed by atoms with Crippen LogP contribution in [0.4, 0.5) is 4.39 Å². The first-order chi connectivity index (χ1) is 8.06. The molecule has 3 amide bonds. The lowest BCUT2D eigenvalue weighted by molar-refractivity contribution is -0.135. The highest BCUT2D eigenvalue weighted by Gasteiger charge is 2.27. The molecule has 0 aromatic carbocycles. The average Bonchev–Trinajstić information content (AvgIpc) is 2.28. The lowest BCUT2D eigenvalue weighted by atomic mass is 10.2. The molecule has 1 aliphatic heterocycles. The molecule has 0 bridgehead atoms. The normalized spacial score (nSPS) is 15.7. The summed E-state index contributed by atoms with van der Waals surface area (Å²) in [4.78, 5) is 38.6. The number of hydrogen-bond donors (Lipinski definition) is 1. The van der Waals surface area contributed by atoms with E-state index >= 15 is 0 Å². The van der Waals surface area contributed by atoms with Gasteiger partial charge in [0.2, 0.25) is 11.8 Å². The molecule has 0 unspecified atom stereocenters. The second kappa shape index (κ2) is 4.28. The van der Waals surface area contributed by atoms with Crippen molar-refractivity contribution in [1.29, 1.82) is 0 Å². The largest absolute Gasteiger partial charge is 0.319 e. The van der Waals surface area contributed by atoms with Gasteiger partial charge in [-0.1, -0.05) is 0 Å². The Balaban J connectivity index is 2.17. The van der Waals surface area contributed by atoms with Gasteiger partial charge < -0.3 is 4.90 Å². The van der Waals surface area contributed by atoms with Gasteiger partial charge in [-0.15, -0.1) is 0 Å². The molecule has 1 aromatic heterocycles. The van der Waals surface area contributed by atoms with Crippen LogP contribution in [0.1, 0.15) is 10.5 Å². The summed E-state index contributed by atoms with van der Waals surface area (Å²) < 4.78 is 12.6. The fourth-order valence-electron chi connectivity index (χ4n) is 1.45. The molecule has 6 nitrogen and oxygen atoms in total. The van der Waals surface area contributed by atoms with E-state index in [1.165, 1.54) is 6.07 Å². The maximum atomic E-state index is 12.6. The molecule has 2 heterocycles. The number of nitrogens with one attached hydrogen (secondary N) is 1. The van der Waals surface area contributed by atoms with Crippen LogP contribution in [0.2, 0.25) is 0 Å². The molecule has 1 fully saturated rings. The number of aromatic nitrogens is 1. The van der Waals surface area contributed by atoms with Crippen molar-refractivity contribution in [2.45, 2.75) is 0 Å². The number of carbonyl (C=O) groups is 3. The number of rotatable bonds is 1. The highest BCUT2D eigenvalue weighted by atomic mass is 19.1. The summed E-state index contributed by atoms with van der Waals surface area (Å²) in [6, 6.07) is 2.29. The topological polar surface area (TPSA) is 79.4 Å². The van der Waals surface area contributed by atoms with Crippen LogP contribution in [-0.2, 0) is 9.59 Å². The maximum Gasteiger partial charge on any atom is 0.273 e. The molecule has 1 aromatic rings. The van der Waals surface area contributed by atoms with Crippen molar-refractivity contribution in [3.63, 3.8) is 0 Å². The summed E-state index contributed by atoms with van der Waals surface area (Å²) in [5.74, 6) is -2.23. The summed E-state index contributed by atoms with van der Waals surface area (Å²) in [6.45, 7) is -0.409. The van der Waals surface area contributed by atoms with E-state index in [1.807, 2.05) is 0 Å². The first-order valence-corrected chi connectivity index (χ1v) is 4.80. The molecule has 0 atom stereocenters. The van der Waals surface area contributed by atoms with E-state index < -0.39 is 23.5 Å². The van der Waals surface area contributed by atoms with Gasteiger partial charge in [0.1, 0.15) is 24.6 Å². The van der Waals surface area contributed by atoms with Gasteiger partial charge in [0, 0.05) is 0 Å². The van der Waals surface area contributed by atoms with Crippen molar-refractivity contribution in [3.8, 4) is 0 Å². The van der Waals surface area contributed by atoms with Gasteiger partial charge >= 0.3 is 0 Å². The third kappa shape index (κ3) is 2.44. The Bertz CT molecular complexity index is 470. The number of nitrogens with zero attached hydrogens (tertiary/aromatic N) is 2. The van der Waals surface area contributed by atoms with Crippen molar-refractivity contribution >= 4 is 17.7 Å². The lowest BCUT2D eigenvalue weighted by Crippen LogP contribution is -2.53. The maximum absolute atomic E-state index is 12.6. The fraction of sp³-hybridized carbons (Fsp3) is 0.200. The van der Waals surface area contributed by atoms with Crippen LogP contribution in [0.3, 0.4) is 0 Å². The Morgan fingerprint density at radius 2 is 1.94 bits per heavy atom. The van der Waals surface area contributed by atoms with Crippen LogP contribution in [-0.4, -0.2) is 40.7 Å². The second-order valence-electron chi connectivity index (χ2n) is 3.49. The van der Waals surface area contributed by atoms with Gasteiger partial charge in [0.05, 0.1) is 6.20 Å². The number of carbonyl (C=O) groups excluding carboxylic acids is 3. The average molecular weight is 237 g/mol. The van der Waals surface area contributed by atoms with Crippen LogP contribution >= 0.6 is 0 Å². The molecule has 7 heteroatoms. The molecule has 17 heavy (non-hydrogen) atoms. The van der Waals surface area contributed by atoms with Crippen LogP contribution < -0.4 is 5.32 Å². The number of halogens is 1. The summed E-state index contributed by atoms with van der Waals surface area (Å²) in [7, 11) is 0. The zero-order chi connectivity index (χ0) is 12.4. The second-order valence-corrected chi connectivity index (χ2v) is 3.49. The van der Waals surface area contributed by atoms with E-state index in [0.717, 1.165) is 17.2 Å². The van der Waals surface area contributed by atoms with Crippen LogP contribution in [0.5, 0.6) is 0 Å². The highest BCUT2D eigenvalue weighted by Crippen LogP contribution is 2.05. The summed E-state index contributed by atoms with van der Waals surface area (Å²) >= 11 is 0. The van der Waals surface area contributed by atoms with Gasteiger partial charge in [-0.25, -0.2) is 9.37 Å². The number of piperazine rings is 1. The van der Waals surface area contributed by atoms with Crippen molar-refractivity contribution in [2.75, 3.05) is 13.1 Å².